The highest BCUT2D eigenvalue weighted by molar-refractivity contribution is 7.80. The van der Waals surface area contributed by atoms with E-state index >= 15 is 0 Å². The summed E-state index contributed by atoms with van der Waals surface area (Å²) in [5, 5.41) is 4.13. The van der Waals surface area contributed by atoms with E-state index in [4.69, 9.17) is 12.2 Å². The van der Waals surface area contributed by atoms with E-state index < -0.39 is 11.9 Å². The number of carbonyl (C=O) groups excluding carboxylic acids is 3. The summed E-state index contributed by atoms with van der Waals surface area (Å²) in [6.07, 6.45) is 0. The highest BCUT2D eigenvalue weighted by Gasteiger charge is 2.11. The quantitative estimate of drug-likeness (QED) is 0.434. The fourth-order valence-corrected chi connectivity index (χ4v) is 2.43. The molecule has 0 fully saturated rings. The molecule has 0 aliphatic rings. The summed E-state index contributed by atoms with van der Waals surface area (Å²) in [5.41, 5.74) is 5.45. The lowest BCUT2D eigenvalue weighted by atomic mass is 10.1. The molecule has 0 atom stereocenters. The van der Waals surface area contributed by atoms with Crippen molar-refractivity contribution in [1.29, 1.82) is 0 Å². The van der Waals surface area contributed by atoms with Crippen LogP contribution in [0.2, 0.25) is 0 Å². The molecule has 1 heterocycles. The van der Waals surface area contributed by atoms with Crippen LogP contribution in [0.15, 0.2) is 41.8 Å². The van der Waals surface area contributed by atoms with Crippen LogP contribution in [0.4, 0.5) is 0 Å². The van der Waals surface area contributed by atoms with Gasteiger partial charge in [-0.05, 0) is 47.9 Å². The molecule has 2 rings (SSSR count). The minimum Gasteiger partial charge on any atom is -0.465 e. The zero-order valence-electron chi connectivity index (χ0n) is 12.5. The molecule has 3 N–H and O–H groups in total. The van der Waals surface area contributed by atoms with Crippen LogP contribution in [0.5, 0.6) is 0 Å². The number of benzene rings is 1. The number of hydrazine groups is 1. The third-order valence-corrected chi connectivity index (χ3v) is 3.90. The van der Waals surface area contributed by atoms with E-state index in [1.54, 1.807) is 17.5 Å². The summed E-state index contributed by atoms with van der Waals surface area (Å²) in [6, 6.07) is 9.28. The van der Waals surface area contributed by atoms with Crippen LogP contribution >= 0.6 is 23.6 Å². The standard InChI is InChI=1S/C15H13N3O4S2/c1-22-14(21)10-6-4-9(5-7-10)12(19)16-15(23)18-17-13(20)11-3-2-8-24-11/h2-8H,1H3,(H,17,20)(H2,16,18,19,23). The molecular formula is C15H13N3O4S2. The fraction of sp³-hybridized carbons (Fsp3) is 0.0667. The predicted molar refractivity (Wildman–Crippen MR) is 92.8 cm³/mol. The molecule has 24 heavy (non-hydrogen) atoms. The van der Waals surface area contributed by atoms with Gasteiger partial charge in [0.25, 0.3) is 11.8 Å². The van der Waals surface area contributed by atoms with Gasteiger partial charge in [-0.1, -0.05) is 6.07 Å². The van der Waals surface area contributed by atoms with Crippen molar-refractivity contribution in [3.05, 3.63) is 57.8 Å². The Hall–Kier alpha value is -2.78. The van der Waals surface area contributed by atoms with Crippen LogP contribution in [-0.2, 0) is 4.74 Å². The first kappa shape index (κ1) is 17.6. The van der Waals surface area contributed by atoms with Crippen molar-refractivity contribution in [3.8, 4) is 0 Å². The topological polar surface area (TPSA) is 96.5 Å². The van der Waals surface area contributed by atoms with Crippen molar-refractivity contribution in [3.63, 3.8) is 0 Å². The maximum atomic E-state index is 12.0. The number of esters is 1. The summed E-state index contributed by atoms with van der Waals surface area (Å²) in [4.78, 5) is 35.6. The summed E-state index contributed by atoms with van der Waals surface area (Å²) in [6.45, 7) is 0. The third-order valence-electron chi connectivity index (χ3n) is 2.83. The summed E-state index contributed by atoms with van der Waals surface area (Å²) in [5.74, 6) is -1.33. The zero-order valence-corrected chi connectivity index (χ0v) is 14.1. The highest BCUT2D eigenvalue weighted by Crippen LogP contribution is 2.07. The van der Waals surface area contributed by atoms with Crippen LogP contribution in [0.3, 0.4) is 0 Å². The Morgan fingerprint density at radius 1 is 1.00 bits per heavy atom. The molecule has 2 aromatic rings. The Morgan fingerprint density at radius 3 is 2.25 bits per heavy atom. The summed E-state index contributed by atoms with van der Waals surface area (Å²) >= 11 is 6.21. The maximum absolute atomic E-state index is 12.0. The minimum atomic E-state index is -0.490. The minimum absolute atomic E-state index is 0.0537. The van der Waals surface area contributed by atoms with Crippen molar-refractivity contribution < 1.29 is 19.1 Å². The average molecular weight is 363 g/mol. The number of ether oxygens (including phenoxy) is 1. The monoisotopic (exact) mass is 363 g/mol. The molecule has 0 aliphatic carbocycles. The smallest absolute Gasteiger partial charge is 0.337 e. The van der Waals surface area contributed by atoms with Gasteiger partial charge in [0.2, 0.25) is 0 Å². The van der Waals surface area contributed by atoms with Crippen molar-refractivity contribution >= 4 is 46.5 Å². The van der Waals surface area contributed by atoms with Gasteiger partial charge in [-0.15, -0.1) is 11.3 Å². The Morgan fingerprint density at radius 2 is 1.67 bits per heavy atom. The number of hydrogen-bond donors (Lipinski definition) is 3. The number of amides is 2. The molecule has 0 unspecified atom stereocenters. The molecule has 0 radical (unpaired) electrons. The van der Waals surface area contributed by atoms with Crippen LogP contribution in [-0.4, -0.2) is 30.0 Å². The Bertz CT molecular complexity index is 758. The van der Waals surface area contributed by atoms with Crippen molar-refractivity contribution in [2.75, 3.05) is 7.11 Å². The fourth-order valence-electron chi connectivity index (χ4n) is 1.66. The van der Waals surface area contributed by atoms with Gasteiger partial charge in [0, 0.05) is 5.56 Å². The zero-order chi connectivity index (χ0) is 17.5. The number of rotatable bonds is 3. The SMILES string of the molecule is COC(=O)c1ccc(C(=O)NC(=S)NNC(=O)c2cccs2)cc1. The second kappa shape index (κ2) is 8.18. The van der Waals surface area contributed by atoms with Gasteiger partial charge in [-0.3, -0.25) is 25.8 Å². The predicted octanol–water partition coefficient (Wildman–Crippen LogP) is 1.48. The number of carbonyl (C=O) groups is 3. The molecule has 7 nitrogen and oxygen atoms in total. The molecule has 0 saturated heterocycles. The lowest BCUT2D eigenvalue weighted by molar-refractivity contribution is 0.0600. The first-order valence-electron chi connectivity index (χ1n) is 6.65. The van der Waals surface area contributed by atoms with Crippen molar-refractivity contribution in [2.24, 2.45) is 0 Å². The Balaban J connectivity index is 1.86. The average Bonchev–Trinajstić information content (AvgIpc) is 3.13. The molecular weight excluding hydrogens is 350 g/mol. The molecule has 9 heteroatoms. The molecule has 2 amide bonds. The lowest BCUT2D eigenvalue weighted by Crippen LogP contribution is -2.48. The number of methoxy groups -OCH3 is 1. The van der Waals surface area contributed by atoms with Crippen LogP contribution in [0.1, 0.15) is 30.4 Å². The largest absolute Gasteiger partial charge is 0.465 e. The van der Waals surface area contributed by atoms with Gasteiger partial charge in [0.1, 0.15) is 0 Å². The molecule has 0 saturated carbocycles. The van der Waals surface area contributed by atoms with Crippen LogP contribution in [0, 0.1) is 0 Å². The van der Waals surface area contributed by atoms with Gasteiger partial charge < -0.3 is 4.74 Å². The van der Waals surface area contributed by atoms with Crippen LogP contribution in [0.25, 0.3) is 0 Å². The number of thiocarbonyl (C=S) groups is 1. The Kier molecular flexibility index (Phi) is 5.99. The van der Waals surface area contributed by atoms with Gasteiger partial charge in [-0.25, -0.2) is 4.79 Å². The first-order chi connectivity index (χ1) is 11.5. The molecule has 1 aromatic heterocycles. The molecule has 1 aromatic carbocycles. The van der Waals surface area contributed by atoms with E-state index in [2.05, 4.69) is 20.9 Å². The summed E-state index contributed by atoms with van der Waals surface area (Å²) in [7, 11) is 1.28. The van der Waals surface area contributed by atoms with Gasteiger partial charge in [0.15, 0.2) is 5.11 Å². The molecule has 124 valence electrons. The van der Waals surface area contributed by atoms with Crippen molar-refractivity contribution in [2.45, 2.75) is 0 Å². The highest BCUT2D eigenvalue weighted by atomic mass is 32.1. The van der Waals surface area contributed by atoms with E-state index in [-0.39, 0.29) is 11.0 Å². The van der Waals surface area contributed by atoms with Crippen LogP contribution < -0.4 is 16.2 Å². The van der Waals surface area contributed by atoms with E-state index in [1.807, 2.05) is 0 Å². The molecule has 0 bridgehead atoms. The normalized spacial score (nSPS) is 9.71. The van der Waals surface area contributed by atoms with E-state index in [0.29, 0.717) is 16.0 Å². The first-order valence-corrected chi connectivity index (χ1v) is 7.93. The van der Waals surface area contributed by atoms with Crippen molar-refractivity contribution in [1.82, 2.24) is 16.2 Å². The van der Waals surface area contributed by atoms with Gasteiger partial charge in [-0.2, -0.15) is 0 Å². The third kappa shape index (κ3) is 4.61. The summed E-state index contributed by atoms with van der Waals surface area (Å²) < 4.78 is 4.58. The number of thiophene rings is 1. The van der Waals surface area contributed by atoms with E-state index in [0.717, 1.165) is 0 Å². The van der Waals surface area contributed by atoms with Gasteiger partial charge in [0.05, 0.1) is 17.6 Å². The number of nitrogens with one attached hydrogen (secondary N) is 3. The molecule has 0 aliphatic heterocycles. The molecule has 0 spiro atoms. The van der Waals surface area contributed by atoms with Gasteiger partial charge >= 0.3 is 5.97 Å². The Labute approximate surface area is 147 Å². The second-order valence-electron chi connectivity index (χ2n) is 4.41. The van der Waals surface area contributed by atoms with E-state index in [1.165, 1.54) is 42.7 Å². The lowest BCUT2D eigenvalue weighted by Gasteiger charge is -2.10. The maximum Gasteiger partial charge on any atom is 0.337 e. The number of hydrogen-bond acceptors (Lipinski definition) is 6. The second-order valence-corrected chi connectivity index (χ2v) is 5.76. The van der Waals surface area contributed by atoms with E-state index in [9.17, 15) is 14.4 Å².